The number of pyridine rings is 1. The van der Waals surface area contributed by atoms with Gasteiger partial charge in [-0.15, -0.1) is 0 Å². The summed E-state index contributed by atoms with van der Waals surface area (Å²) >= 11 is 0. The highest BCUT2D eigenvalue weighted by Crippen LogP contribution is 2.14. The van der Waals surface area contributed by atoms with Crippen LogP contribution in [0, 0.1) is 0 Å². The van der Waals surface area contributed by atoms with E-state index in [0.29, 0.717) is 24.5 Å². The molecular weight excluding hydrogens is 256 g/mol. The normalized spacial score (nSPS) is 11.8. The van der Waals surface area contributed by atoms with Gasteiger partial charge in [-0.3, -0.25) is 0 Å². The van der Waals surface area contributed by atoms with Crippen molar-refractivity contribution in [1.82, 2.24) is 14.5 Å². The van der Waals surface area contributed by atoms with Crippen molar-refractivity contribution in [3.8, 4) is 0 Å². The third kappa shape index (κ3) is 3.33. The molecule has 0 aliphatic heterocycles. The molecule has 6 nitrogen and oxygen atoms in total. The molecule has 108 valence electrons. The molecule has 2 aromatic rings. The summed E-state index contributed by atoms with van der Waals surface area (Å²) in [6, 6.07) is 3.41. The standard InChI is InChI=1S/C14H20N4O2/c1-4-20-13(19)11-6-5-10-12(17-11)18(9-16-10)8-7-14(2,3)15/h5-6,9H,4,7-8,15H2,1-3H3. The molecule has 0 spiro atoms. The lowest BCUT2D eigenvalue weighted by atomic mass is 10.0. The molecule has 2 aromatic heterocycles. The fraction of sp³-hybridized carbons (Fsp3) is 0.500. The maximum atomic E-state index is 11.7. The Kier molecular flexibility index (Phi) is 4.04. The van der Waals surface area contributed by atoms with Gasteiger partial charge >= 0.3 is 5.97 Å². The van der Waals surface area contributed by atoms with Gasteiger partial charge in [0.15, 0.2) is 11.3 Å². The Morgan fingerprint density at radius 3 is 2.85 bits per heavy atom. The third-order valence-electron chi connectivity index (χ3n) is 2.94. The van der Waals surface area contributed by atoms with E-state index in [1.54, 1.807) is 25.4 Å². The summed E-state index contributed by atoms with van der Waals surface area (Å²) in [4.78, 5) is 20.3. The lowest BCUT2D eigenvalue weighted by molar-refractivity contribution is 0.0520. The number of aryl methyl sites for hydroxylation is 1. The molecule has 2 N–H and O–H groups in total. The van der Waals surface area contributed by atoms with Crippen LogP contribution in [0.5, 0.6) is 0 Å². The molecule has 0 bridgehead atoms. The Morgan fingerprint density at radius 2 is 2.20 bits per heavy atom. The molecule has 0 aliphatic rings. The number of ether oxygens (including phenoxy) is 1. The Morgan fingerprint density at radius 1 is 1.45 bits per heavy atom. The molecule has 0 aromatic carbocycles. The van der Waals surface area contributed by atoms with Crippen LogP contribution < -0.4 is 5.73 Å². The minimum Gasteiger partial charge on any atom is -0.461 e. The SMILES string of the molecule is CCOC(=O)c1ccc2ncn(CCC(C)(C)N)c2n1. The maximum Gasteiger partial charge on any atom is 0.357 e. The van der Waals surface area contributed by atoms with E-state index in [2.05, 4.69) is 9.97 Å². The van der Waals surface area contributed by atoms with E-state index in [9.17, 15) is 4.79 Å². The van der Waals surface area contributed by atoms with Crippen LogP contribution in [0.2, 0.25) is 0 Å². The van der Waals surface area contributed by atoms with E-state index >= 15 is 0 Å². The van der Waals surface area contributed by atoms with Crippen molar-refractivity contribution in [3.05, 3.63) is 24.2 Å². The predicted molar refractivity (Wildman–Crippen MR) is 76.4 cm³/mol. The van der Waals surface area contributed by atoms with E-state index < -0.39 is 5.97 Å². The fourth-order valence-corrected chi connectivity index (χ4v) is 1.83. The first-order valence-corrected chi connectivity index (χ1v) is 6.68. The van der Waals surface area contributed by atoms with Crippen molar-refractivity contribution < 1.29 is 9.53 Å². The molecule has 0 aliphatic carbocycles. The van der Waals surface area contributed by atoms with E-state index in [4.69, 9.17) is 10.5 Å². The Balaban J connectivity index is 2.28. The second kappa shape index (κ2) is 5.58. The van der Waals surface area contributed by atoms with Crippen molar-refractivity contribution >= 4 is 17.1 Å². The van der Waals surface area contributed by atoms with Crippen LogP contribution in [0.3, 0.4) is 0 Å². The van der Waals surface area contributed by atoms with Crippen LogP contribution in [0.1, 0.15) is 37.7 Å². The van der Waals surface area contributed by atoms with Crippen LogP contribution >= 0.6 is 0 Å². The highest BCUT2D eigenvalue weighted by Gasteiger charge is 2.14. The van der Waals surface area contributed by atoms with Gasteiger partial charge in [0.05, 0.1) is 12.9 Å². The quantitative estimate of drug-likeness (QED) is 0.841. The van der Waals surface area contributed by atoms with E-state index in [0.717, 1.165) is 11.9 Å². The van der Waals surface area contributed by atoms with Crippen LogP contribution in [-0.4, -0.2) is 32.7 Å². The first-order chi connectivity index (χ1) is 9.40. The van der Waals surface area contributed by atoms with Crippen molar-refractivity contribution in [3.63, 3.8) is 0 Å². The predicted octanol–water partition coefficient (Wildman–Crippen LogP) is 1.74. The number of carbonyl (C=O) groups excluding carboxylic acids is 1. The summed E-state index contributed by atoms with van der Waals surface area (Å²) < 4.78 is 6.87. The summed E-state index contributed by atoms with van der Waals surface area (Å²) in [6.45, 7) is 6.76. The largest absolute Gasteiger partial charge is 0.461 e. The fourth-order valence-electron chi connectivity index (χ4n) is 1.83. The number of imidazole rings is 1. The average Bonchev–Trinajstić information content (AvgIpc) is 2.78. The van der Waals surface area contributed by atoms with Gasteiger partial charge in [0.1, 0.15) is 5.52 Å². The first-order valence-electron chi connectivity index (χ1n) is 6.68. The number of nitrogens with two attached hydrogens (primary N) is 1. The number of carbonyl (C=O) groups is 1. The molecule has 6 heteroatoms. The Bertz CT molecular complexity index is 613. The highest BCUT2D eigenvalue weighted by molar-refractivity contribution is 5.89. The molecule has 0 saturated carbocycles. The van der Waals surface area contributed by atoms with Crippen molar-refractivity contribution in [1.29, 1.82) is 0 Å². The molecule has 0 atom stereocenters. The number of hydrogen-bond acceptors (Lipinski definition) is 5. The third-order valence-corrected chi connectivity index (χ3v) is 2.94. The Hall–Kier alpha value is -1.95. The average molecular weight is 276 g/mol. The molecule has 0 fully saturated rings. The lowest BCUT2D eigenvalue weighted by Gasteiger charge is -2.18. The molecule has 0 amide bonds. The number of aromatic nitrogens is 3. The molecule has 2 heterocycles. The molecule has 0 radical (unpaired) electrons. The van der Waals surface area contributed by atoms with E-state index in [1.165, 1.54) is 0 Å². The van der Waals surface area contributed by atoms with Crippen LogP contribution in [-0.2, 0) is 11.3 Å². The molecule has 2 rings (SSSR count). The minimum absolute atomic E-state index is 0.255. The second-order valence-corrected chi connectivity index (χ2v) is 5.44. The van der Waals surface area contributed by atoms with Crippen LogP contribution in [0.25, 0.3) is 11.2 Å². The van der Waals surface area contributed by atoms with Crippen molar-refractivity contribution in [2.75, 3.05) is 6.61 Å². The van der Waals surface area contributed by atoms with Gasteiger partial charge < -0.3 is 15.0 Å². The number of esters is 1. The van der Waals surface area contributed by atoms with Crippen molar-refractivity contribution in [2.45, 2.75) is 39.3 Å². The van der Waals surface area contributed by atoms with E-state index in [-0.39, 0.29) is 5.54 Å². The molecule has 0 saturated heterocycles. The zero-order chi connectivity index (χ0) is 14.8. The smallest absolute Gasteiger partial charge is 0.357 e. The van der Waals surface area contributed by atoms with E-state index in [1.807, 2.05) is 18.4 Å². The summed E-state index contributed by atoms with van der Waals surface area (Å²) in [5.41, 5.74) is 7.47. The second-order valence-electron chi connectivity index (χ2n) is 5.44. The summed E-state index contributed by atoms with van der Waals surface area (Å²) in [7, 11) is 0. The monoisotopic (exact) mass is 276 g/mol. The summed E-state index contributed by atoms with van der Waals surface area (Å²) in [5, 5.41) is 0. The zero-order valence-corrected chi connectivity index (χ0v) is 12.1. The van der Waals surface area contributed by atoms with Crippen molar-refractivity contribution in [2.24, 2.45) is 5.73 Å². The van der Waals surface area contributed by atoms with Gasteiger partial charge in [-0.1, -0.05) is 0 Å². The number of fused-ring (bicyclic) bond motifs is 1. The van der Waals surface area contributed by atoms with Crippen LogP contribution in [0.15, 0.2) is 18.5 Å². The first kappa shape index (κ1) is 14.5. The maximum absolute atomic E-state index is 11.7. The van der Waals surface area contributed by atoms with Gasteiger partial charge in [0, 0.05) is 12.1 Å². The number of rotatable bonds is 5. The number of nitrogens with zero attached hydrogens (tertiary/aromatic N) is 3. The molecule has 0 unspecified atom stereocenters. The zero-order valence-electron chi connectivity index (χ0n) is 12.1. The topological polar surface area (TPSA) is 83.0 Å². The summed E-state index contributed by atoms with van der Waals surface area (Å²) in [5.74, 6) is -0.415. The minimum atomic E-state index is -0.415. The Labute approximate surface area is 118 Å². The van der Waals surface area contributed by atoms with Gasteiger partial charge in [-0.05, 0) is 39.3 Å². The molecular formula is C14H20N4O2. The van der Waals surface area contributed by atoms with Gasteiger partial charge in [-0.2, -0.15) is 0 Å². The molecule has 20 heavy (non-hydrogen) atoms. The number of hydrogen-bond donors (Lipinski definition) is 1. The lowest BCUT2D eigenvalue weighted by Crippen LogP contribution is -2.33. The highest BCUT2D eigenvalue weighted by atomic mass is 16.5. The van der Waals surface area contributed by atoms with Crippen LogP contribution in [0.4, 0.5) is 0 Å². The van der Waals surface area contributed by atoms with Gasteiger partial charge in [0.25, 0.3) is 0 Å². The van der Waals surface area contributed by atoms with Gasteiger partial charge in [0.2, 0.25) is 0 Å². The van der Waals surface area contributed by atoms with Gasteiger partial charge in [-0.25, -0.2) is 14.8 Å². The summed E-state index contributed by atoms with van der Waals surface area (Å²) in [6.07, 6.45) is 2.52.